The Morgan fingerprint density at radius 3 is 2.29 bits per heavy atom. The third-order valence-corrected chi connectivity index (χ3v) is 2.66. The van der Waals surface area contributed by atoms with Crippen LogP contribution in [-0.4, -0.2) is 40.0 Å². The fourth-order valence-corrected chi connectivity index (χ4v) is 1.58. The second-order valence-corrected chi connectivity index (χ2v) is 4.24. The monoisotopic (exact) mass is 294 g/mol. The van der Waals surface area contributed by atoms with E-state index in [1.807, 2.05) is 0 Å². The van der Waals surface area contributed by atoms with Crippen molar-refractivity contribution >= 4 is 23.8 Å². The summed E-state index contributed by atoms with van der Waals surface area (Å²) in [5.74, 6) is -3.94. The van der Waals surface area contributed by atoms with Crippen LogP contribution < -0.4 is 11.1 Å². The fourth-order valence-electron chi connectivity index (χ4n) is 1.58. The highest BCUT2D eigenvalue weighted by molar-refractivity contribution is 6.00. The largest absolute Gasteiger partial charge is 0.481 e. The quantitative estimate of drug-likeness (QED) is 0.549. The standard InChI is InChI=1S/C13H14N2O6/c14-11(18)7-2-1-3-8(6-7)12(19)15-9(13(20)21)4-5-10(16)17/h1-3,6,9H,4-5H2,(H2,14,18)(H,15,19)(H,16,17)(H,20,21)/t9-/m0/s1. The number of nitrogens with one attached hydrogen (secondary N) is 1. The van der Waals surface area contributed by atoms with Crippen molar-refractivity contribution in [2.75, 3.05) is 0 Å². The zero-order valence-electron chi connectivity index (χ0n) is 10.9. The number of carbonyl (C=O) groups is 4. The number of primary amides is 1. The van der Waals surface area contributed by atoms with Gasteiger partial charge < -0.3 is 21.3 Å². The minimum atomic E-state index is -1.34. The molecule has 1 atom stereocenters. The average Bonchev–Trinajstić information content (AvgIpc) is 2.42. The van der Waals surface area contributed by atoms with Gasteiger partial charge in [0, 0.05) is 17.5 Å². The molecular formula is C13H14N2O6. The molecule has 1 aromatic rings. The van der Waals surface area contributed by atoms with Crippen molar-refractivity contribution in [3.63, 3.8) is 0 Å². The van der Waals surface area contributed by atoms with Gasteiger partial charge in [-0.1, -0.05) is 6.07 Å². The molecule has 0 fully saturated rings. The summed E-state index contributed by atoms with van der Waals surface area (Å²) in [4.78, 5) is 44.3. The third-order valence-electron chi connectivity index (χ3n) is 2.66. The molecule has 0 unspecified atom stereocenters. The Morgan fingerprint density at radius 1 is 1.14 bits per heavy atom. The van der Waals surface area contributed by atoms with Crippen molar-refractivity contribution in [2.24, 2.45) is 5.73 Å². The second kappa shape index (κ2) is 7.04. The lowest BCUT2D eigenvalue weighted by Crippen LogP contribution is -2.41. The van der Waals surface area contributed by atoms with E-state index < -0.39 is 36.2 Å². The molecule has 1 aromatic carbocycles. The molecule has 0 saturated heterocycles. The molecule has 0 aromatic heterocycles. The van der Waals surface area contributed by atoms with Gasteiger partial charge in [0.25, 0.3) is 5.91 Å². The van der Waals surface area contributed by atoms with E-state index in [0.29, 0.717) is 0 Å². The molecule has 0 bridgehead atoms. The van der Waals surface area contributed by atoms with Gasteiger partial charge in [0.1, 0.15) is 6.04 Å². The number of benzene rings is 1. The first-order valence-corrected chi connectivity index (χ1v) is 5.96. The SMILES string of the molecule is NC(=O)c1cccc(C(=O)N[C@@H](CCC(=O)O)C(=O)O)c1. The number of nitrogens with two attached hydrogens (primary N) is 1. The highest BCUT2D eigenvalue weighted by atomic mass is 16.4. The van der Waals surface area contributed by atoms with Gasteiger partial charge in [0.05, 0.1) is 0 Å². The van der Waals surface area contributed by atoms with Gasteiger partial charge in [-0.25, -0.2) is 4.79 Å². The van der Waals surface area contributed by atoms with Crippen LogP contribution in [-0.2, 0) is 9.59 Å². The predicted molar refractivity (Wildman–Crippen MR) is 70.7 cm³/mol. The maximum atomic E-state index is 11.9. The molecule has 0 aliphatic carbocycles. The molecule has 0 aliphatic rings. The number of carboxylic acids is 2. The van der Waals surface area contributed by atoms with E-state index in [0.717, 1.165) is 0 Å². The highest BCUT2D eigenvalue weighted by Crippen LogP contribution is 2.06. The lowest BCUT2D eigenvalue weighted by molar-refractivity contribution is -0.140. The summed E-state index contributed by atoms with van der Waals surface area (Å²) in [7, 11) is 0. The molecule has 0 heterocycles. The Balaban J connectivity index is 2.82. The van der Waals surface area contributed by atoms with Crippen LogP contribution >= 0.6 is 0 Å². The van der Waals surface area contributed by atoms with Crippen molar-refractivity contribution in [2.45, 2.75) is 18.9 Å². The second-order valence-electron chi connectivity index (χ2n) is 4.24. The molecule has 0 aliphatic heterocycles. The maximum absolute atomic E-state index is 11.9. The van der Waals surface area contributed by atoms with Crippen molar-refractivity contribution in [3.05, 3.63) is 35.4 Å². The molecule has 0 radical (unpaired) electrons. The van der Waals surface area contributed by atoms with Crippen molar-refractivity contribution < 1.29 is 29.4 Å². The number of carbonyl (C=O) groups excluding carboxylic acids is 2. The Kier molecular flexibility index (Phi) is 5.41. The van der Waals surface area contributed by atoms with E-state index in [1.165, 1.54) is 24.3 Å². The summed E-state index contributed by atoms with van der Waals surface area (Å²) in [6.45, 7) is 0. The highest BCUT2D eigenvalue weighted by Gasteiger charge is 2.21. The Morgan fingerprint density at radius 2 is 1.76 bits per heavy atom. The van der Waals surface area contributed by atoms with Gasteiger partial charge in [0.2, 0.25) is 5.91 Å². The van der Waals surface area contributed by atoms with Gasteiger partial charge in [-0.15, -0.1) is 0 Å². The average molecular weight is 294 g/mol. The number of amides is 2. The molecule has 5 N–H and O–H groups in total. The molecule has 1 rings (SSSR count). The van der Waals surface area contributed by atoms with E-state index >= 15 is 0 Å². The summed E-state index contributed by atoms with van der Waals surface area (Å²) < 4.78 is 0. The minimum absolute atomic E-state index is 0.0628. The van der Waals surface area contributed by atoms with Crippen molar-refractivity contribution in [3.8, 4) is 0 Å². The van der Waals surface area contributed by atoms with E-state index in [2.05, 4.69) is 5.32 Å². The van der Waals surface area contributed by atoms with Gasteiger partial charge >= 0.3 is 11.9 Å². The molecular weight excluding hydrogens is 280 g/mol. The lowest BCUT2D eigenvalue weighted by Gasteiger charge is -2.13. The Hall–Kier alpha value is -2.90. The van der Waals surface area contributed by atoms with Crippen LogP contribution in [0.3, 0.4) is 0 Å². The normalized spacial score (nSPS) is 11.4. The van der Waals surface area contributed by atoms with Crippen LogP contribution in [0.4, 0.5) is 0 Å². The Bertz CT molecular complexity index is 584. The number of carboxylic acid groups (broad SMARTS) is 2. The van der Waals surface area contributed by atoms with Gasteiger partial charge in [0.15, 0.2) is 0 Å². The van der Waals surface area contributed by atoms with Gasteiger partial charge in [-0.3, -0.25) is 14.4 Å². The smallest absolute Gasteiger partial charge is 0.326 e. The van der Waals surface area contributed by atoms with Gasteiger partial charge in [-0.05, 0) is 24.6 Å². The maximum Gasteiger partial charge on any atom is 0.326 e. The topological polar surface area (TPSA) is 147 Å². The number of aliphatic carboxylic acids is 2. The molecule has 21 heavy (non-hydrogen) atoms. The van der Waals surface area contributed by atoms with Crippen LogP contribution in [0.15, 0.2) is 24.3 Å². The molecule has 2 amide bonds. The molecule has 0 spiro atoms. The molecule has 8 heteroatoms. The number of hydrogen-bond donors (Lipinski definition) is 4. The van der Waals surface area contributed by atoms with Crippen molar-refractivity contribution in [1.29, 1.82) is 0 Å². The van der Waals surface area contributed by atoms with Crippen LogP contribution in [0.25, 0.3) is 0 Å². The van der Waals surface area contributed by atoms with E-state index in [4.69, 9.17) is 15.9 Å². The van der Waals surface area contributed by atoms with Crippen LogP contribution in [0.1, 0.15) is 33.6 Å². The van der Waals surface area contributed by atoms with Crippen LogP contribution in [0, 0.1) is 0 Å². The summed E-state index contributed by atoms with van der Waals surface area (Å²) in [5.41, 5.74) is 5.26. The first kappa shape index (κ1) is 16.2. The lowest BCUT2D eigenvalue weighted by atomic mass is 10.1. The molecule has 0 saturated carbocycles. The Labute approximate surface area is 119 Å². The molecule has 8 nitrogen and oxygen atoms in total. The minimum Gasteiger partial charge on any atom is -0.481 e. The fraction of sp³-hybridized carbons (Fsp3) is 0.231. The summed E-state index contributed by atoms with van der Waals surface area (Å²) in [6.07, 6.45) is -0.634. The predicted octanol–water partition coefficient (Wildman–Crippen LogP) is -0.167. The van der Waals surface area contributed by atoms with Crippen molar-refractivity contribution in [1.82, 2.24) is 5.32 Å². The summed E-state index contributed by atoms with van der Waals surface area (Å²) >= 11 is 0. The zero-order chi connectivity index (χ0) is 16.0. The zero-order valence-corrected chi connectivity index (χ0v) is 10.9. The number of hydrogen-bond acceptors (Lipinski definition) is 4. The third kappa shape index (κ3) is 4.94. The van der Waals surface area contributed by atoms with E-state index in [9.17, 15) is 19.2 Å². The van der Waals surface area contributed by atoms with Gasteiger partial charge in [-0.2, -0.15) is 0 Å². The van der Waals surface area contributed by atoms with Crippen LogP contribution in [0.5, 0.6) is 0 Å². The summed E-state index contributed by atoms with van der Waals surface area (Å²) in [6, 6.07) is 4.14. The van der Waals surface area contributed by atoms with Crippen LogP contribution in [0.2, 0.25) is 0 Å². The van der Waals surface area contributed by atoms with E-state index in [1.54, 1.807) is 0 Å². The first-order chi connectivity index (χ1) is 9.81. The molecule has 112 valence electrons. The number of rotatable bonds is 7. The van der Waals surface area contributed by atoms with E-state index in [-0.39, 0.29) is 17.5 Å². The first-order valence-electron chi connectivity index (χ1n) is 5.96. The summed E-state index contributed by atoms with van der Waals surface area (Å²) in [5, 5.41) is 19.7.